The number of carbonyl (C=O) groups is 2. The van der Waals surface area contributed by atoms with Crippen LogP contribution in [0.2, 0.25) is 0 Å². The summed E-state index contributed by atoms with van der Waals surface area (Å²) in [6, 6.07) is -0.112. The maximum Gasteiger partial charge on any atom is 0.401 e. The number of ether oxygens (including phenoxy) is 1. The summed E-state index contributed by atoms with van der Waals surface area (Å²) in [4.78, 5) is 31.4. The number of ketones is 1. The Kier molecular flexibility index (Phi) is 10.2. The van der Waals surface area contributed by atoms with E-state index in [0.29, 0.717) is 45.1 Å². The van der Waals surface area contributed by atoms with Gasteiger partial charge < -0.3 is 4.74 Å². The third kappa shape index (κ3) is 8.83. The van der Waals surface area contributed by atoms with Crippen molar-refractivity contribution in [2.75, 3.05) is 52.9 Å². The van der Waals surface area contributed by atoms with Crippen molar-refractivity contribution in [1.82, 2.24) is 14.7 Å². The molecule has 9 heteroatoms. The fourth-order valence-electron chi connectivity index (χ4n) is 4.79. The maximum absolute atomic E-state index is 12.9. The number of Topliss-reactive ketones (excluding diaryl/α,β-unsaturated/α-hetero) is 1. The van der Waals surface area contributed by atoms with Gasteiger partial charge in [-0.2, -0.15) is 13.2 Å². The summed E-state index contributed by atoms with van der Waals surface area (Å²) in [5.41, 5.74) is -1.18. The van der Waals surface area contributed by atoms with Crippen LogP contribution in [0.4, 0.5) is 13.2 Å². The molecule has 0 N–H and O–H groups in total. The molecular formula is C24H42F3N3O3. The lowest BCUT2D eigenvalue weighted by molar-refractivity contribution is -0.165. The molecule has 0 aliphatic carbocycles. The molecule has 2 saturated heterocycles. The predicted octanol–water partition coefficient (Wildman–Crippen LogP) is 3.59. The van der Waals surface area contributed by atoms with Crippen LogP contribution in [0.3, 0.4) is 0 Å². The Balaban J connectivity index is 2.10. The van der Waals surface area contributed by atoms with Gasteiger partial charge in [0.15, 0.2) is 0 Å². The molecule has 2 aliphatic rings. The summed E-state index contributed by atoms with van der Waals surface area (Å²) in [5.74, 6) is -0.131. The van der Waals surface area contributed by atoms with Gasteiger partial charge in [-0.25, -0.2) is 0 Å². The zero-order valence-electron chi connectivity index (χ0n) is 20.9. The lowest BCUT2D eigenvalue weighted by Crippen LogP contribution is -2.56. The van der Waals surface area contributed by atoms with Gasteiger partial charge >= 0.3 is 12.1 Å². The molecule has 2 heterocycles. The maximum atomic E-state index is 12.9. The Morgan fingerprint density at radius 1 is 1.00 bits per heavy atom. The van der Waals surface area contributed by atoms with Crippen LogP contribution in [-0.4, -0.2) is 97.6 Å². The molecule has 3 atom stereocenters. The largest absolute Gasteiger partial charge is 0.460 e. The smallest absolute Gasteiger partial charge is 0.401 e. The number of piperazine rings is 1. The summed E-state index contributed by atoms with van der Waals surface area (Å²) in [7, 11) is 2.02. The average molecular weight is 478 g/mol. The Hall–Kier alpha value is -1.19. The van der Waals surface area contributed by atoms with Crippen molar-refractivity contribution < 1.29 is 27.5 Å². The molecule has 0 aromatic carbocycles. The number of nitrogens with zero attached hydrogens (tertiary/aromatic N) is 3. The number of hydrogen-bond donors (Lipinski definition) is 0. The number of hydrogen-bond acceptors (Lipinski definition) is 6. The highest BCUT2D eigenvalue weighted by Crippen LogP contribution is 2.26. The van der Waals surface area contributed by atoms with Gasteiger partial charge in [-0.1, -0.05) is 19.8 Å². The van der Waals surface area contributed by atoms with E-state index < -0.39 is 30.2 Å². The minimum atomic E-state index is -4.18. The molecule has 0 bridgehead atoms. The standard InChI is InChI=1S/C24H42F3N3O3/c1-18-9-7-6-8-10-21(31)23(3,4)22(32)33-19(2)20(28(5)15-18)16-29-11-13-30(14-12-29)17-24(25,26)27/h18-20H,6-17H2,1-5H3/t18-,19+,20?/m1/s1. The summed E-state index contributed by atoms with van der Waals surface area (Å²) in [5, 5.41) is 0. The van der Waals surface area contributed by atoms with Gasteiger partial charge in [-0.15, -0.1) is 0 Å². The fourth-order valence-corrected chi connectivity index (χ4v) is 4.79. The Labute approximate surface area is 196 Å². The van der Waals surface area contributed by atoms with Gasteiger partial charge in [0.25, 0.3) is 0 Å². The number of alkyl halides is 3. The van der Waals surface area contributed by atoms with E-state index in [2.05, 4.69) is 16.7 Å². The molecule has 2 aliphatic heterocycles. The van der Waals surface area contributed by atoms with Gasteiger partial charge in [0, 0.05) is 45.7 Å². The zero-order chi connectivity index (χ0) is 24.8. The first-order valence-corrected chi connectivity index (χ1v) is 12.3. The van der Waals surface area contributed by atoms with E-state index in [4.69, 9.17) is 4.74 Å². The summed E-state index contributed by atoms with van der Waals surface area (Å²) in [6.45, 7) is 9.73. The van der Waals surface area contributed by atoms with E-state index in [-0.39, 0.29) is 11.8 Å². The number of cyclic esters (lactones) is 1. The van der Waals surface area contributed by atoms with Crippen LogP contribution in [0.5, 0.6) is 0 Å². The van der Waals surface area contributed by atoms with Crippen LogP contribution in [0.15, 0.2) is 0 Å². The van der Waals surface area contributed by atoms with Gasteiger partial charge in [0.2, 0.25) is 0 Å². The third-order valence-electron chi connectivity index (χ3n) is 7.12. The molecule has 6 nitrogen and oxygen atoms in total. The van der Waals surface area contributed by atoms with Crippen LogP contribution < -0.4 is 0 Å². The molecule has 0 spiro atoms. The molecule has 0 radical (unpaired) electrons. The normalized spacial score (nSPS) is 30.6. The number of esters is 1. The molecule has 33 heavy (non-hydrogen) atoms. The van der Waals surface area contributed by atoms with E-state index in [1.165, 1.54) is 4.90 Å². The van der Waals surface area contributed by atoms with Crippen LogP contribution >= 0.6 is 0 Å². The lowest BCUT2D eigenvalue weighted by Gasteiger charge is -2.41. The summed E-state index contributed by atoms with van der Waals surface area (Å²) >= 11 is 0. The highest BCUT2D eigenvalue weighted by molar-refractivity contribution is 6.02. The molecule has 0 aromatic heterocycles. The quantitative estimate of drug-likeness (QED) is 0.457. The van der Waals surface area contributed by atoms with Crippen molar-refractivity contribution in [2.24, 2.45) is 11.3 Å². The van der Waals surface area contributed by atoms with Crippen LogP contribution in [-0.2, 0) is 14.3 Å². The van der Waals surface area contributed by atoms with Crippen LogP contribution in [0.25, 0.3) is 0 Å². The van der Waals surface area contributed by atoms with Crippen molar-refractivity contribution in [3.63, 3.8) is 0 Å². The first-order valence-electron chi connectivity index (χ1n) is 12.3. The van der Waals surface area contributed by atoms with Crippen molar-refractivity contribution in [1.29, 1.82) is 0 Å². The SMILES string of the molecule is C[C@@H]1CCCCCC(=O)C(C)(C)C(=O)O[C@@H](C)C(CN2CCN(CC(F)(F)F)CC2)N(C)C1. The Bertz CT molecular complexity index is 649. The fraction of sp³-hybridized carbons (Fsp3) is 0.917. The van der Waals surface area contributed by atoms with Crippen LogP contribution in [0.1, 0.15) is 59.8 Å². The molecule has 192 valence electrons. The van der Waals surface area contributed by atoms with Crippen molar-refractivity contribution in [3.05, 3.63) is 0 Å². The first-order chi connectivity index (χ1) is 15.3. The van der Waals surface area contributed by atoms with Gasteiger partial charge in [0.1, 0.15) is 17.3 Å². The molecule has 0 amide bonds. The second kappa shape index (κ2) is 12.0. The van der Waals surface area contributed by atoms with E-state index in [0.717, 1.165) is 32.2 Å². The number of likely N-dealkylation sites (N-methyl/N-ethyl adjacent to an activating group) is 1. The highest BCUT2D eigenvalue weighted by Gasteiger charge is 2.40. The van der Waals surface area contributed by atoms with E-state index in [9.17, 15) is 22.8 Å². The zero-order valence-corrected chi connectivity index (χ0v) is 20.9. The predicted molar refractivity (Wildman–Crippen MR) is 122 cm³/mol. The van der Waals surface area contributed by atoms with E-state index in [1.54, 1.807) is 13.8 Å². The van der Waals surface area contributed by atoms with Gasteiger partial charge in [0.05, 0.1) is 12.6 Å². The van der Waals surface area contributed by atoms with E-state index >= 15 is 0 Å². The third-order valence-corrected chi connectivity index (χ3v) is 7.12. The molecule has 0 aromatic rings. The average Bonchev–Trinajstić information content (AvgIpc) is 2.70. The highest BCUT2D eigenvalue weighted by atomic mass is 19.4. The Morgan fingerprint density at radius 2 is 1.61 bits per heavy atom. The van der Waals surface area contributed by atoms with Crippen molar-refractivity contribution >= 4 is 11.8 Å². The second-order valence-electron chi connectivity index (χ2n) is 10.6. The minimum Gasteiger partial charge on any atom is -0.460 e. The van der Waals surface area contributed by atoms with Crippen molar-refractivity contribution in [3.8, 4) is 0 Å². The number of halogens is 3. The van der Waals surface area contributed by atoms with Gasteiger partial charge in [-0.3, -0.25) is 24.3 Å². The Morgan fingerprint density at radius 3 is 2.21 bits per heavy atom. The van der Waals surface area contributed by atoms with Crippen molar-refractivity contribution in [2.45, 2.75) is 78.1 Å². The molecule has 2 rings (SSSR count). The number of carbonyl (C=O) groups excluding carboxylic acids is 2. The summed E-state index contributed by atoms with van der Waals surface area (Å²) in [6.07, 6.45) is -0.373. The van der Waals surface area contributed by atoms with E-state index in [1.807, 2.05) is 14.0 Å². The first kappa shape index (κ1) is 28.1. The molecular weight excluding hydrogens is 435 g/mol. The number of rotatable bonds is 3. The van der Waals surface area contributed by atoms with Crippen LogP contribution in [0, 0.1) is 11.3 Å². The lowest BCUT2D eigenvalue weighted by atomic mass is 9.85. The molecule has 1 unspecified atom stereocenters. The minimum absolute atomic E-state index is 0.0875. The second-order valence-corrected chi connectivity index (χ2v) is 10.6. The molecule has 0 saturated carbocycles. The topological polar surface area (TPSA) is 53.1 Å². The molecule has 2 fully saturated rings. The van der Waals surface area contributed by atoms with Gasteiger partial charge in [-0.05, 0) is 46.6 Å². The summed E-state index contributed by atoms with van der Waals surface area (Å²) < 4.78 is 44.0. The monoisotopic (exact) mass is 477 g/mol.